The molecule has 2 atom stereocenters. The molecule has 0 aromatic heterocycles. The standard InChI is InChI=1S/C21H30N6O3/c1-6-16(11-12-19(23-5)14(2)24-13-28)25-21(30)20(15(3)29)27-26-18-9-7-17(22-4)8-10-18/h7-14,20,22-23H,6H2,1-5H3,(H,24,28)(H,25,30)/b16-11+,19-12+,27-26?. The summed E-state index contributed by atoms with van der Waals surface area (Å²) in [5.41, 5.74) is 2.82. The third kappa shape index (κ3) is 7.86. The summed E-state index contributed by atoms with van der Waals surface area (Å²) in [7, 11) is 3.54. The molecule has 1 aromatic carbocycles. The number of ketones is 1. The quantitative estimate of drug-likeness (QED) is 0.181. The predicted octanol–water partition coefficient (Wildman–Crippen LogP) is 2.42. The van der Waals surface area contributed by atoms with Gasteiger partial charge < -0.3 is 21.3 Å². The van der Waals surface area contributed by atoms with Crippen LogP contribution in [0.25, 0.3) is 0 Å². The molecule has 0 saturated carbocycles. The Morgan fingerprint density at radius 1 is 1.13 bits per heavy atom. The number of nitrogens with zero attached hydrogens (tertiary/aromatic N) is 2. The van der Waals surface area contributed by atoms with Crippen LogP contribution in [0.5, 0.6) is 0 Å². The van der Waals surface area contributed by atoms with Crippen LogP contribution >= 0.6 is 0 Å². The van der Waals surface area contributed by atoms with Gasteiger partial charge in [0.15, 0.2) is 5.78 Å². The largest absolute Gasteiger partial charge is 0.390 e. The maximum atomic E-state index is 12.6. The lowest BCUT2D eigenvalue weighted by Gasteiger charge is -2.15. The summed E-state index contributed by atoms with van der Waals surface area (Å²) in [5, 5.41) is 19.3. The van der Waals surface area contributed by atoms with Gasteiger partial charge in [-0.2, -0.15) is 10.2 Å². The lowest BCUT2D eigenvalue weighted by Crippen LogP contribution is -2.37. The molecule has 1 rings (SSSR count). The molecule has 162 valence electrons. The van der Waals surface area contributed by atoms with Crippen LogP contribution in [0.1, 0.15) is 27.2 Å². The van der Waals surface area contributed by atoms with Crippen molar-refractivity contribution in [3.63, 3.8) is 0 Å². The summed E-state index contributed by atoms with van der Waals surface area (Å²) in [6.45, 7) is 5.00. The van der Waals surface area contributed by atoms with Crippen molar-refractivity contribution in [2.75, 3.05) is 19.4 Å². The van der Waals surface area contributed by atoms with Gasteiger partial charge in [0, 0.05) is 31.2 Å². The highest BCUT2D eigenvalue weighted by molar-refractivity contribution is 6.05. The van der Waals surface area contributed by atoms with Crippen molar-refractivity contribution in [3.8, 4) is 0 Å². The first-order chi connectivity index (χ1) is 14.4. The number of hydrogen-bond donors (Lipinski definition) is 4. The number of azo groups is 1. The number of Topliss-reactive ketones (excluding diaryl/α,β-unsaturated/α-hetero) is 1. The molecule has 0 aliphatic carbocycles. The van der Waals surface area contributed by atoms with Crippen molar-refractivity contribution in [2.45, 2.75) is 39.3 Å². The van der Waals surface area contributed by atoms with E-state index in [0.29, 0.717) is 24.2 Å². The Balaban J connectivity index is 2.94. The molecule has 9 heteroatoms. The Labute approximate surface area is 177 Å². The Morgan fingerprint density at radius 3 is 2.30 bits per heavy atom. The summed E-state index contributed by atoms with van der Waals surface area (Å²) in [6.07, 6.45) is 4.63. The van der Waals surface area contributed by atoms with Crippen LogP contribution < -0.4 is 21.3 Å². The van der Waals surface area contributed by atoms with Gasteiger partial charge in [-0.25, -0.2) is 0 Å². The van der Waals surface area contributed by atoms with Crippen LogP contribution in [0.2, 0.25) is 0 Å². The minimum Gasteiger partial charge on any atom is -0.390 e. The number of carbonyl (C=O) groups is 3. The average Bonchev–Trinajstić information content (AvgIpc) is 2.73. The molecule has 0 heterocycles. The van der Waals surface area contributed by atoms with Gasteiger partial charge in [0.1, 0.15) is 0 Å². The van der Waals surface area contributed by atoms with Gasteiger partial charge in [-0.05, 0) is 56.7 Å². The molecule has 0 saturated heterocycles. The Bertz CT molecular complexity index is 815. The summed E-state index contributed by atoms with van der Waals surface area (Å²) < 4.78 is 0. The average molecular weight is 415 g/mol. The maximum Gasteiger partial charge on any atom is 0.258 e. The van der Waals surface area contributed by atoms with Gasteiger partial charge in [-0.3, -0.25) is 14.4 Å². The number of likely N-dealkylation sites (N-methyl/N-ethyl adjacent to an activating group) is 1. The Morgan fingerprint density at radius 2 is 1.80 bits per heavy atom. The summed E-state index contributed by atoms with van der Waals surface area (Å²) in [6, 6.07) is 5.65. The van der Waals surface area contributed by atoms with Crippen LogP contribution in [-0.2, 0) is 14.4 Å². The summed E-state index contributed by atoms with van der Waals surface area (Å²) in [4.78, 5) is 35.2. The van der Waals surface area contributed by atoms with Crippen molar-refractivity contribution in [2.24, 2.45) is 10.2 Å². The monoisotopic (exact) mass is 414 g/mol. The second-order valence-electron chi connectivity index (χ2n) is 6.44. The molecule has 2 amide bonds. The number of benzene rings is 1. The first kappa shape index (κ1) is 24.5. The van der Waals surface area contributed by atoms with E-state index in [1.807, 2.05) is 26.0 Å². The molecule has 30 heavy (non-hydrogen) atoms. The zero-order valence-corrected chi connectivity index (χ0v) is 18.0. The van der Waals surface area contributed by atoms with Gasteiger partial charge in [-0.1, -0.05) is 6.92 Å². The smallest absolute Gasteiger partial charge is 0.258 e. The van der Waals surface area contributed by atoms with E-state index in [-0.39, 0.29) is 6.04 Å². The van der Waals surface area contributed by atoms with Crippen molar-refractivity contribution >= 4 is 29.5 Å². The third-order valence-electron chi connectivity index (χ3n) is 4.28. The lowest BCUT2D eigenvalue weighted by atomic mass is 10.1. The summed E-state index contributed by atoms with van der Waals surface area (Å²) in [5.74, 6) is -0.960. The fourth-order valence-corrected chi connectivity index (χ4v) is 2.44. The minimum absolute atomic E-state index is 0.217. The normalized spacial score (nSPS) is 14.0. The van der Waals surface area contributed by atoms with E-state index in [1.54, 1.807) is 38.4 Å². The van der Waals surface area contributed by atoms with Crippen LogP contribution in [0.3, 0.4) is 0 Å². The molecule has 0 spiro atoms. The second kappa shape index (κ2) is 12.9. The van der Waals surface area contributed by atoms with E-state index >= 15 is 0 Å². The van der Waals surface area contributed by atoms with Gasteiger partial charge in [-0.15, -0.1) is 0 Å². The van der Waals surface area contributed by atoms with E-state index in [2.05, 4.69) is 31.5 Å². The SMILES string of the molecule is CC/C(=C\C=C(\NC)C(C)NC=O)NC(=O)C(N=Nc1ccc(NC)cc1)C(C)=O. The highest BCUT2D eigenvalue weighted by Crippen LogP contribution is 2.17. The molecular formula is C21H30N6O3. The highest BCUT2D eigenvalue weighted by atomic mass is 16.2. The summed E-state index contributed by atoms with van der Waals surface area (Å²) >= 11 is 0. The van der Waals surface area contributed by atoms with Crippen molar-refractivity contribution in [1.29, 1.82) is 0 Å². The van der Waals surface area contributed by atoms with Crippen molar-refractivity contribution in [1.82, 2.24) is 16.0 Å². The number of amides is 2. The molecule has 2 unspecified atom stereocenters. The number of nitrogens with one attached hydrogen (secondary N) is 4. The van der Waals surface area contributed by atoms with Gasteiger partial charge in [0.25, 0.3) is 5.91 Å². The number of rotatable bonds is 12. The van der Waals surface area contributed by atoms with Gasteiger partial charge in [0.05, 0.1) is 11.7 Å². The molecule has 4 N–H and O–H groups in total. The first-order valence-electron chi connectivity index (χ1n) is 9.64. The number of anilines is 1. The van der Waals surface area contributed by atoms with E-state index in [1.165, 1.54) is 6.92 Å². The maximum absolute atomic E-state index is 12.6. The van der Waals surface area contributed by atoms with E-state index in [0.717, 1.165) is 11.4 Å². The number of allylic oxidation sites excluding steroid dienone is 3. The van der Waals surface area contributed by atoms with E-state index in [9.17, 15) is 14.4 Å². The lowest BCUT2D eigenvalue weighted by molar-refractivity contribution is -0.128. The molecule has 0 aliphatic heterocycles. The predicted molar refractivity (Wildman–Crippen MR) is 117 cm³/mol. The minimum atomic E-state index is -1.24. The highest BCUT2D eigenvalue weighted by Gasteiger charge is 2.23. The van der Waals surface area contributed by atoms with Crippen molar-refractivity contribution < 1.29 is 14.4 Å². The number of hydrogen-bond acceptors (Lipinski definition) is 7. The van der Waals surface area contributed by atoms with Crippen LogP contribution in [-0.4, -0.2) is 44.3 Å². The van der Waals surface area contributed by atoms with Crippen LogP contribution in [0.4, 0.5) is 11.4 Å². The third-order valence-corrected chi connectivity index (χ3v) is 4.28. The van der Waals surface area contributed by atoms with Gasteiger partial charge in [0.2, 0.25) is 12.5 Å². The van der Waals surface area contributed by atoms with Crippen LogP contribution in [0, 0.1) is 0 Å². The molecule has 0 aliphatic rings. The fourth-order valence-electron chi connectivity index (χ4n) is 2.44. The molecule has 0 radical (unpaired) electrons. The van der Waals surface area contributed by atoms with Gasteiger partial charge >= 0.3 is 0 Å². The second-order valence-corrected chi connectivity index (χ2v) is 6.44. The first-order valence-corrected chi connectivity index (χ1v) is 9.64. The molecule has 1 aromatic rings. The molecule has 9 nitrogen and oxygen atoms in total. The Kier molecular flexibility index (Phi) is 10.5. The van der Waals surface area contributed by atoms with Crippen molar-refractivity contribution in [3.05, 3.63) is 47.8 Å². The molecular weight excluding hydrogens is 384 g/mol. The van der Waals surface area contributed by atoms with Crippen LogP contribution in [0.15, 0.2) is 58.0 Å². The van der Waals surface area contributed by atoms with E-state index < -0.39 is 17.7 Å². The topological polar surface area (TPSA) is 124 Å². The number of carbonyl (C=O) groups excluding carboxylic acids is 3. The Hall–Kier alpha value is -3.49. The molecule has 0 fully saturated rings. The zero-order chi connectivity index (χ0) is 22.5. The molecule has 0 bridgehead atoms. The van der Waals surface area contributed by atoms with E-state index in [4.69, 9.17) is 0 Å². The fraction of sp³-hybridized carbons (Fsp3) is 0.381. The zero-order valence-electron chi connectivity index (χ0n) is 18.0.